The molecule has 1 fully saturated rings. The van der Waals surface area contributed by atoms with Gasteiger partial charge >= 0.3 is 0 Å². The number of halogens is 4. The Hall–Kier alpha value is -1.26. The van der Waals surface area contributed by atoms with Gasteiger partial charge in [0.15, 0.2) is 0 Å². The van der Waals surface area contributed by atoms with Crippen molar-refractivity contribution >= 4 is 5.69 Å². The van der Waals surface area contributed by atoms with E-state index in [1.807, 2.05) is 0 Å². The van der Waals surface area contributed by atoms with Crippen LogP contribution >= 0.6 is 0 Å². The fourth-order valence-corrected chi connectivity index (χ4v) is 2.37. The van der Waals surface area contributed by atoms with E-state index in [-0.39, 0.29) is 18.8 Å². The molecule has 1 aliphatic rings. The molecule has 0 heterocycles. The second kappa shape index (κ2) is 5.16. The third kappa shape index (κ3) is 3.62. The smallest absolute Gasteiger partial charge is 0.248 e. The Morgan fingerprint density at radius 2 is 1.83 bits per heavy atom. The van der Waals surface area contributed by atoms with Crippen LogP contribution in [0.1, 0.15) is 25.7 Å². The molecule has 1 N–H and O–H groups in total. The fourth-order valence-electron chi connectivity index (χ4n) is 2.37. The Kier molecular flexibility index (Phi) is 3.78. The van der Waals surface area contributed by atoms with Gasteiger partial charge in [-0.25, -0.2) is 17.6 Å². The van der Waals surface area contributed by atoms with Gasteiger partial charge in [0.2, 0.25) is 5.92 Å². The third-order valence-corrected chi connectivity index (χ3v) is 3.20. The summed E-state index contributed by atoms with van der Waals surface area (Å²) in [5, 5.41) is 2.82. The molecule has 1 atom stereocenters. The van der Waals surface area contributed by atoms with Crippen LogP contribution in [0, 0.1) is 17.6 Å². The van der Waals surface area contributed by atoms with Crippen molar-refractivity contribution in [3.05, 3.63) is 29.8 Å². The Bertz CT molecular complexity index is 399. The third-order valence-electron chi connectivity index (χ3n) is 3.20. The van der Waals surface area contributed by atoms with Crippen molar-refractivity contribution in [1.82, 2.24) is 0 Å². The Balaban J connectivity index is 1.91. The van der Waals surface area contributed by atoms with Crippen molar-refractivity contribution in [2.75, 3.05) is 11.9 Å². The van der Waals surface area contributed by atoms with E-state index >= 15 is 0 Å². The highest BCUT2D eigenvalue weighted by atomic mass is 19.3. The van der Waals surface area contributed by atoms with Gasteiger partial charge in [-0.2, -0.15) is 0 Å². The molecule has 0 radical (unpaired) electrons. The lowest BCUT2D eigenvalue weighted by atomic mass is 9.86. The molecule has 0 aliphatic heterocycles. The maximum Gasteiger partial charge on any atom is 0.248 e. The number of hydrogen-bond acceptors (Lipinski definition) is 1. The molecule has 1 nitrogen and oxygen atoms in total. The average molecular weight is 261 g/mol. The first kappa shape index (κ1) is 13.2. The minimum Gasteiger partial charge on any atom is -0.385 e. The normalized spacial score (nSPS) is 22.8. The molecule has 0 saturated heterocycles. The van der Waals surface area contributed by atoms with Gasteiger partial charge in [0, 0.05) is 31.1 Å². The maximum absolute atomic E-state index is 13.2. The zero-order valence-electron chi connectivity index (χ0n) is 9.86. The summed E-state index contributed by atoms with van der Waals surface area (Å²) in [5.41, 5.74) is 0.293. The Morgan fingerprint density at radius 3 is 2.44 bits per heavy atom. The molecule has 1 aliphatic carbocycles. The quantitative estimate of drug-likeness (QED) is 0.804. The van der Waals surface area contributed by atoms with Crippen LogP contribution in [-0.4, -0.2) is 12.5 Å². The number of anilines is 1. The molecule has 0 aromatic heterocycles. The highest BCUT2D eigenvalue weighted by Crippen LogP contribution is 2.36. The van der Waals surface area contributed by atoms with Crippen LogP contribution in [0.4, 0.5) is 23.2 Å². The summed E-state index contributed by atoms with van der Waals surface area (Å²) in [6.07, 6.45) is 1.01. The minimum atomic E-state index is -2.60. The van der Waals surface area contributed by atoms with Gasteiger partial charge in [-0.3, -0.25) is 0 Å². The van der Waals surface area contributed by atoms with E-state index in [4.69, 9.17) is 0 Å². The van der Waals surface area contributed by atoms with Crippen molar-refractivity contribution in [1.29, 1.82) is 0 Å². The molecule has 1 aromatic rings. The zero-order chi connectivity index (χ0) is 13.2. The van der Waals surface area contributed by atoms with Crippen LogP contribution in [0.25, 0.3) is 0 Å². The van der Waals surface area contributed by atoms with E-state index in [0.29, 0.717) is 18.7 Å². The van der Waals surface area contributed by atoms with Gasteiger partial charge in [-0.05, 0) is 30.9 Å². The van der Waals surface area contributed by atoms with Crippen LogP contribution in [0.3, 0.4) is 0 Å². The highest BCUT2D eigenvalue weighted by molar-refractivity contribution is 5.43. The predicted molar refractivity (Wildman–Crippen MR) is 61.8 cm³/mol. The Labute approximate surface area is 103 Å². The molecule has 1 aromatic carbocycles. The molecule has 0 bridgehead atoms. The highest BCUT2D eigenvalue weighted by Gasteiger charge is 2.35. The first-order valence-electron chi connectivity index (χ1n) is 6.02. The van der Waals surface area contributed by atoms with E-state index < -0.39 is 17.6 Å². The minimum absolute atomic E-state index is 0.0574. The van der Waals surface area contributed by atoms with E-state index in [1.165, 1.54) is 0 Å². The van der Waals surface area contributed by atoms with Crippen LogP contribution in [0.5, 0.6) is 0 Å². The summed E-state index contributed by atoms with van der Waals surface area (Å²) in [7, 11) is 0. The van der Waals surface area contributed by atoms with Gasteiger partial charge in [-0.15, -0.1) is 0 Å². The first-order chi connectivity index (χ1) is 8.44. The summed E-state index contributed by atoms with van der Waals surface area (Å²) >= 11 is 0. The molecule has 100 valence electrons. The van der Waals surface area contributed by atoms with E-state index in [0.717, 1.165) is 24.6 Å². The molecule has 0 amide bonds. The summed E-state index contributed by atoms with van der Waals surface area (Å²) in [6.45, 7) is 0.318. The van der Waals surface area contributed by atoms with Crippen molar-refractivity contribution in [3.8, 4) is 0 Å². The fraction of sp³-hybridized carbons (Fsp3) is 0.538. The number of rotatable bonds is 3. The van der Waals surface area contributed by atoms with Crippen LogP contribution in [-0.2, 0) is 0 Å². The molecule has 18 heavy (non-hydrogen) atoms. The lowest BCUT2D eigenvalue weighted by Gasteiger charge is -2.29. The summed E-state index contributed by atoms with van der Waals surface area (Å²) in [5.74, 6) is -4.10. The van der Waals surface area contributed by atoms with Crippen molar-refractivity contribution in [2.45, 2.75) is 31.6 Å². The van der Waals surface area contributed by atoms with Crippen LogP contribution < -0.4 is 5.32 Å². The van der Waals surface area contributed by atoms with Gasteiger partial charge < -0.3 is 5.32 Å². The summed E-state index contributed by atoms with van der Waals surface area (Å²) in [6, 6.07) is 3.09. The van der Waals surface area contributed by atoms with Crippen LogP contribution in [0.15, 0.2) is 18.2 Å². The topological polar surface area (TPSA) is 12.0 Å². The first-order valence-corrected chi connectivity index (χ1v) is 6.02. The molecule has 5 heteroatoms. The number of hydrogen-bond donors (Lipinski definition) is 1. The number of alkyl halides is 2. The van der Waals surface area contributed by atoms with Gasteiger partial charge in [0.25, 0.3) is 0 Å². The zero-order valence-corrected chi connectivity index (χ0v) is 9.86. The van der Waals surface area contributed by atoms with Gasteiger partial charge in [-0.1, -0.05) is 0 Å². The second-order valence-corrected chi connectivity index (χ2v) is 4.86. The monoisotopic (exact) mass is 261 g/mol. The summed E-state index contributed by atoms with van der Waals surface area (Å²) < 4.78 is 52.2. The standard InChI is InChI=1S/C13H15F4N/c14-10-4-11(15)6-12(5-10)18-8-9-2-1-3-13(16,17)7-9/h4-6,9,18H,1-3,7-8H2. The van der Waals surface area contributed by atoms with Crippen molar-refractivity contribution < 1.29 is 17.6 Å². The van der Waals surface area contributed by atoms with E-state index in [2.05, 4.69) is 5.32 Å². The molecular weight excluding hydrogens is 246 g/mol. The lowest BCUT2D eigenvalue weighted by molar-refractivity contribution is -0.0502. The second-order valence-electron chi connectivity index (χ2n) is 4.86. The molecule has 2 rings (SSSR count). The number of nitrogens with one attached hydrogen (secondary N) is 1. The van der Waals surface area contributed by atoms with Crippen molar-refractivity contribution in [3.63, 3.8) is 0 Å². The van der Waals surface area contributed by atoms with Gasteiger partial charge in [0.1, 0.15) is 11.6 Å². The maximum atomic E-state index is 13.2. The van der Waals surface area contributed by atoms with E-state index in [1.54, 1.807) is 0 Å². The predicted octanol–water partition coefficient (Wildman–Crippen LogP) is 4.20. The van der Waals surface area contributed by atoms with Crippen molar-refractivity contribution in [2.24, 2.45) is 5.92 Å². The lowest BCUT2D eigenvalue weighted by Crippen LogP contribution is -2.29. The number of benzene rings is 1. The van der Waals surface area contributed by atoms with E-state index in [9.17, 15) is 17.6 Å². The van der Waals surface area contributed by atoms with Crippen LogP contribution in [0.2, 0.25) is 0 Å². The Morgan fingerprint density at radius 1 is 1.17 bits per heavy atom. The molecule has 1 saturated carbocycles. The molecule has 0 spiro atoms. The van der Waals surface area contributed by atoms with Gasteiger partial charge in [0.05, 0.1) is 0 Å². The SMILES string of the molecule is Fc1cc(F)cc(NCC2CCCC(F)(F)C2)c1. The summed E-state index contributed by atoms with van der Waals surface area (Å²) in [4.78, 5) is 0. The molecular formula is C13H15F4N. The largest absolute Gasteiger partial charge is 0.385 e. The molecule has 1 unspecified atom stereocenters. The average Bonchev–Trinajstić information content (AvgIpc) is 2.24.